The molecule has 136 valence electrons. The van der Waals surface area contributed by atoms with Gasteiger partial charge in [-0.05, 0) is 42.7 Å². The van der Waals surface area contributed by atoms with Crippen LogP contribution < -0.4 is 9.68 Å². The Morgan fingerprint density at radius 2 is 2.00 bits per heavy atom. The highest BCUT2D eigenvalue weighted by atomic mass is 19.3. The first-order chi connectivity index (χ1) is 13.3. The van der Waals surface area contributed by atoms with Crippen LogP contribution in [0, 0.1) is 0 Å². The second kappa shape index (κ2) is 7.82. The van der Waals surface area contributed by atoms with Gasteiger partial charge in [-0.2, -0.15) is 0 Å². The van der Waals surface area contributed by atoms with Crippen molar-refractivity contribution in [1.29, 1.82) is 0 Å². The van der Waals surface area contributed by atoms with Gasteiger partial charge in [0.2, 0.25) is 5.88 Å². The zero-order valence-corrected chi connectivity index (χ0v) is 14.5. The summed E-state index contributed by atoms with van der Waals surface area (Å²) in [6.45, 7) is 0.544. The van der Waals surface area contributed by atoms with Crippen LogP contribution in [0.3, 0.4) is 0 Å². The van der Waals surface area contributed by atoms with Gasteiger partial charge in [-0.25, -0.2) is 9.50 Å². The lowest BCUT2D eigenvalue weighted by Crippen LogP contribution is -2.04. The Morgan fingerprint density at radius 3 is 2.85 bits per heavy atom. The van der Waals surface area contributed by atoms with Crippen molar-refractivity contribution in [2.75, 3.05) is 6.61 Å². The Kier molecular flexibility index (Phi) is 4.91. The number of imidazole rings is 1. The maximum atomic E-state index is 12.5. The fourth-order valence-electron chi connectivity index (χ4n) is 2.83. The van der Waals surface area contributed by atoms with Gasteiger partial charge in [0.1, 0.15) is 0 Å². The lowest BCUT2D eigenvalue weighted by Gasteiger charge is -2.07. The minimum Gasteiger partial charge on any atom is -0.477 e. The molecule has 27 heavy (non-hydrogen) atoms. The van der Waals surface area contributed by atoms with E-state index in [0.29, 0.717) is 18.1 Å². The van der Waals surface area contributed by atoms with Gasteiger partial charge < -0.3 is 4.74 Å². The molecule has 0 N–H and O–H groups in total. The summed E-state index contributed by atoms with van der Waals surface area (Å²) in [6.07, 6.45) is 7.06. The number of fused-ring (bicyclic) bond motifs is 1. The number of aryl methyl sites for hydroxylation is 1. The Morgan fingerprint density at radius 1 is 1.04 bits per heavy atom. The normalized spacial score (nSPS) is 10.9. The molecule has 4 aromatic rings. The number of aromatic nitrogens is 4. The molecule has 0 saturated carbocycles. The van der Waals surface area contributed by atoms with Crippen LogP contribution in [0.2, 0.25) is 0 Å². The van der Waals surface area contributed by atoms with Gasteiger partial charge in [-0.15, -0.1) is 5.10 Å². The SMILES string of the molecule is FOc1cccc(-c2cnc3ccc(OCCCc4cccnc4)nn23)c1. The van der Waals surface area contributed by atoms with E-state index >= 15 is 0 Å². The minimum absolute atomic E-state index is 0.130. The molecule has 0 radical (unpaired) electrons. The van der Waals surface area contributed by atoms with Crippen molar-refractivity contribution >= 4 is 5.65 Å². The first-order valence-electron chi connectivity index (χ1n) is 8.59. The second-order valence-electron chi connectivity index (χ2n) is 6.00. The van der Waals surface area contributed by atoms with E-state index in [4.69, 9.17) is 4.74 Å². The molecule has 0 bridgehead atoms. The Labute approximate surface area is 155 Å². The molecule has 6 nitrogen and oxygen atoms in total. The Bertz CT molecular complexity index is 1040. The monoisotopic (exact) mass is 364 g/mol. The lowest BCUT2D eigenvalue weighted by atomic mass is 10.1. The van der Waals surface area contributed by atoms with Crippen molar-refractivity contribution in [1.82, 2.24) is 19.6 Å². The molecule has 0 saturated heterocycles. The maximum Gasteiger partial charge on any atom is 0.231 e. The lowest BCUT2D eigenvalue weighted by molar-refractivity contribution is -0.00614. The standard InChI is InChI=1S/C20H17FN4O2/c21-27-17-7-1-6-16(12-17)18-14-23-19-8-9-20(24-25(18)19)26-11-3-5-15-4-2-10-22-13-15/h1-2,4,6-10,12-14H,3,5,11H2. The third-order valence-electron chi connectivity index (χ3n) is 4.14. The van der Waals surface area contributed by atoms with Gasteiger partial charge >= 0.3 is 0 Å². The average Bonchev–Trinajstić information content (AvgIpc) is 3.15. The van der Waals surface area contributed by atoms with Gasteiger partial charge in [0.15, 0.2) is 11.4 Å². The second-order valence-corrected chi connectivity index (χ2v) is 6.00. The van der Waals surface area contributed by atoms with Crippen molar-refractivity contribution in [3.8, 4) is 22.9 Å². The molecule has 0 aliphatic carbocycles. The van der Waals surface area contributed by atoms with E-state index in [1.807, 2.05) is 30.5 Å². The number of pyridine rings is 1. The molecule has 1 aromatic carbocycles. The van der Waals surface area contributed by atoms with Gasteiger partial charge in [0.05, 0.1) is 18.5 Å². The van der Waals surface area contributed by atoms with Crippen LogP contribution in [0.1, 0.15) is 12.0 Å². The Hall–Kier alpha value is -3.48. The van der Waals surface area contributed by atoms with Gasteiger partial charge in [-0.1, -0.05) is 18.2 Å². The number of hydrogen-bond acceptors (Lipinski definition) is 5. The van der Waals surface area contributed by atoms with Gasteiger partial charge in [0, 0.05) is 28.5 Å². The zero-order chi connectivity index (χ0) is 18.5. The maximum absolute atomic E-state index is 12.5. The van der Waals surface area contributed by atoms with Crippen LogP contribution in [0.15, 0.2) is 67.1 Å². The number of hydrogen-bond donors (Lipinski definition) is 0. The first-order valence-corrected chi connectivity index (χ1v) is 8.59. The summed E-state index contributed by atoms with van der Waals surface area (Å²) in [6, 6.07) is 14.3. The van der Waals surface area contributed by atoms with Crippen molar-refractivity contribution in [3.05, 3.63) is 72.7 Å². The molecule has 0 amide bonds. The quantitative estimate of drug-likeness (QED) is 0.463. The smallest absolute Gasteiger partial charge is 0.231 e. The summed E-state index contributed by atoms with van der Waals surface area (Å²) < 4.78 is 19.9. The molecule has 0 unspecified atom stereocenters. The molecule has 3 aromatic heterocycles. The molecular weight excluding hydrogens is 347 g/mol. The minimum atomic E-state index is 0.130. The molecule has 0 aliphatic rings. The van der Waals surface area contributed by atoms with Gasteiger partial charge in [0.25, 0.3) is 0 Å². The summed E-state index contributed by atoms with van der Waals surface area (Å²) in [5.41, 5.74) is 3.33. The van der Waals surface area contributed by atoms with Crippen LogP contribution in [-0.4, -0.2) is 26.2 Å². The number of rotatable bonds is 7. The molecule has 0 fully saturated rings. The molecule has 0 atom stereocenters. The summed E-state index contributed by atoms with van der Waals surface area (Å²) in [5, 5.41) is 4.50. The summed E-state index contributed by atoms with van der Waals surface area (Å²) >= 11 is 0. The highest BCUT2D eigenvalue weighted by Crippen LogP contribution is 2.25. The third kappa shape index (κ3) is 3.87. The predicted octanol–water partition coefficient (Wildman–Crippen LogP) is 4.07. The van der Waals surface area contributed by atoms with Crippen LogP contribution in [0.25, 0.3) is 16.9 Å². The first kappa shape index (κ1) is 17.0. The van der Waals surface area contributed by atoms with E-state index in [1.165, 1.54) is 11.6 Å². The van der Waals surface area contributed by atoms with E-state index in [-0.39, 0.29) is 5.75 Å². The van der Waals surface area contributed by atoms with Gasteiger partial charge in [-0.3, -0.25) is 9.93 Å². The fourth-order valence-corrected chi connectivity index (χ4v) is 2.83. The van der Waals surface area contributed by atoms with E-state index in [9.17, 15) is 4.53 Å². The van der Waals surface area contributed by atoms with Crippen LogP contribution in [0.4, 0.5) is 4.53 Å². The van der Waals surface area contributed by atoms with E-state index < -0.39 is 0 Å². The van der Waals surface area contributed by atoms with Crippen LogP contribution >= 0.6 is 0 Å². The summed E-state index contributed by atoms with van der Waals surface area (Å²) in [5.74, 6) is 0.635. The number of halogens is 1. The van der Waals surface area contributed by atoms with Crippen molar-refractivity contribution < 1.29 is 14.2 Å². The van der Waals surface area contributed by atoms with E-state index in [1.54, 1.807) is 35.1 Å². The highest BCUT2D eigenvalue weighted by Gasteiger charge is 2.10. The largest absolute Gasteiger partial charge is 0.477 e. The number of ether oxygens (including phenoxy) is 1. The zero-order valence-electron chi connectivity index (χ0n) is 14.5. The average molecular weight is 364 g/mol. The van der Waals surface area contributed by atoms with Crippen molar-refractivity contribution in [2.45, 2.75) is 12.8 Å². The van der Waals surface area contributed by atoms with E-state index in [0.717, 1.165) is 24.1 Å². The number of benzene rings is 1. The molecule has 0 spiro atoms. The highest BCUT2D eigenvalue weighted by molar-refractivity contribution is 5.64. The molecule has 4 rings (SSSR count). The predicted molar refractivity (Wildman–Crippen MR) is 98.2 cm³/mol. The topological polar surface area (TPSA) is 61.5 Å². The third-order valence-corrected chi connectivity index (χ3v) is 4.14. The fraction of sp³-hybridized carbons (Fsp3) is 0.150. The van der Waals surface area contributed by atoms with Crippen molar-refractivity contribution in [2.24, 2.45) is 0 Å². The van der Waals surface area contributed by atoms with E-state index in [2.05, 4.69) is 20.0 Å². The molecule has 3 heterocycles. The Balaban J connectivity index is 1.48. The van der Waals surface area contributed by atoms with Crippen LogP contribution in [-0.2, 0) is 6.42 Å². The molecule has 7 heteroatoms. The van der Waals surface area contributed by atoms with Crippen molar-refractivity contribution in [3.63, 3.8) is 0 Å². The molecule has 0 aliphatic heterocycles. The summed E-state index contributed by atoms with van der Waals surface area (Å²) in [7, 11) is 0. The number of nitrogens with zero attached hydrogens (tertiary/aromatic N) is 4. The summed E-state index contributed by atoms with van der Waals surface area (Å²) in [4.78, 5) is 12.2. The van der Waals surface area contributed by atoms with Crippen LogP contribution in [0.5, 0.6) is 11.6 Å². The molecular formula is C20H17FN4O2.